The van der Waals surface area contributed by atoms with Crippen molar-refractivity contribution >= 4 is 0 Å². The number of furan rings is 1. The summed E-state index contributed by atoms with van der Waals surface area (Å²) in [6.07, 6.45) is 4.28. The highest BCUT2D eigenvalue weighted by Gasteiger charge is 2.10. The molecular formula is C13H19N3O2. The highest BCUT2D eigenvalue weighted by atomic mass is 16.5. The summed E-state index contributed by atoms with van der Waals surface area (Å²) < 4.78 is 10.3. The first-order valence-electron chi connectivity index (χ1n) is 6.14. The van der Waals surface area contributed by atoms with Crippen LogP contribution in [0.4, 0.5) is 0 Å². The molecule has 0 aliphatic carbocycles. The first-order chi connectivity index (χ1) is 8.63. The topological polar surface area (TPSA) is 55.3 Å². The molecule has 0 atom stereocenters. The van der Waals surface area contributed by atoms with Crippen molar-refractivity contribution in [2.75, 3.05) is 7.05 Å². The third kappa shape index (κ3) is 3.70. The van der Waals surface area contributed by atoms with Crippen molar-refractivity contribution in [1.29, 1.82) is 0 Å². The van der Waals surface area contributed by atoms with Crippen LogP contribution in [0.2, 0.25) is 0 Å². The van der Waals surface area contributed by atoms with Crippen molar-refractivity contribution in [2.24, 2.45) is 5.92 Å². The molecule has 5 nitrogen and oxygen atoms in total. The van der Waals surface area contributed by atoms with E-state index >= 15 is 0 Å². The number of aromatic nitrogens is 2. The fourth-order valence-corrected chi connectivity index (χ4v) is 1.78. The van der Waals surface area contributed by atoms with E-state index in [2.05, 4.69) is 28.9 Å². The van der Waals surface area contributed by atoms with Crippen LogP contribution < -0.4 is 0 Å². The minimum atomic E-state index is 0.541. The van der Waals surface area contributed by atoms with E-state index in [0.717, 1.165) is 24.4 Å². The summed E-state index contributed by atoms with van der Waals surface area (Å²) >= 11 is 0. The summed E-state index contributed by atoms with van der Waals surface area (Å²) in [5.41, 5.74) is 1.14. The molecule has 0 spiro atoms. The Kier molecular flexibility index (Phi) is 4.15. The van der Waals surface area contributed by atoms with Crippen molar-refractivity contribution in [1.82, 2.24) is 15.0 Å². The van der Waals surface area contributed by atoms with Crippen molar-refractivity contribution in [3.8, 4) is 0 Å². The van der Waals surface area contributed by atoms with Gasteiger partial charge in [0, 0.05) is 18.5 Å². The van der Waals surface area contributed by atoms with Crippen LogP contribution >= 0.6 is 0 Å². The van der Waals surface area contributed by atoms with Gasteiger partial charge in [-0.1, -0.05) is 19.0 Å². The fraction of sp³-hybridized carbons (Fsp3) is 0.538. The molecule has 0 radical (unpaired) electrons. The van der Waals surface area contributed by atoms with Crippen LogP contribution in [0.3, 0.4) is 0 Å². The van der Waals surface area contributed by atoms with Gasteiger partial charge < -0.3 is 8.94 Å². The molecule has 0 aliphatic rings. The second-order valence-corrected chi connectivity index (χ2v) is 5.01. The van der Waals surface area contributed by atoms with E-state index in [1.165, 1.54) is 0 Å². The van der Waals surface area contributed by atoms with Crippen LogP contribution in [0.1, 0.15) is 31.1 Å². The van der Waals surface area contributed by atoms with Gasteiger partial charge in [-0.25, -0.2) is 0 Å². The Bertz CT molecular complexity index is 462. The van der Waals surface area contributed by atoms with E-state index in [9.17, 15) is 0 Å². The molecule has 0 aliphatic heterocycles. The van der Waals surface area contributed by atoms with Gasteiger partial charge in [-0.05, 0) is 19.0 Å². The minimum Gasteiger partial charge on any atom is -0.472 e. The third-order valence-corrected chi connectivity index (χ3v) is 2.54. The highest BCUT2D eigenvalue weighted by molar-refractivity contribution is 5.04. The monoisotopic (exact) mass is 249 g/mol. The van der Waals surface area contributed by atoms with Gasteiger partial charge in [-0.2, -0.15) is 4.98 Å². The molecule has 0 bridgehead atoms. The molecular weight excluding hydrogens is 230 g/mol. The zero-order valence-electron chi connectivity index (χ0n) is 11.1. The average Bonchev–Trinajstić information content (AvgIpc) is 2.89. The molecule has 0 saturated heterocycles. The maximum absolute atomic E-state index is 5.23. The fourth-order valence-electron chi connectivity index (χ4n) is 1.78. The van der Waals surface area contributed by atoms with E-state index in [4.69, 9.17) is 8.94 Å². The Morgan fingerprint density at radius 2 is 2.17 bits per heavy atom. The molecule has 98 valence electrons. The first-order valence-corrected chi connectivity index (χ1v) is 6.14. The van der Waals surface area contributed by atoms with Crippen LogP contribution in [0.25, 0.3) is 0 Å². The largest absolute Gasteiger partial charge is 0.472 e. The van der Waals surface area contributed by atoms with Gasteiger partial charge in [0.25, 0.3) is 0 Å². The maximum atomic E-state index is 5.23. The van der Waals surface area contributed by atoms with Gasteiger partial charge >= 0.3 is 0 Å². The van der Waals surface area contributed by atoms with Crippen LogP contribution in [0.5, 0.6) is 0 Å². The van der Waals surface area contributed by atoms with Gasteiger partial charge in [0.15, 0.2) is 5.82 Å². The van der Waals surface area contributed by atoms with Crippen LogP contribution in [0.15, 0.2) is 27.5 Å². The van der Waals surface area contributed by atoms with Crippen LogP contribution in [0, 0.1) is 5.92 Å². The van der Waals surface area contributed by atoms with E-state index in [1.807, 2.05) is 13.1 Å². The van der Waals surface area contributed by atoms with E-state index in [-0.39, 0.29) is 0 Å². The van der Waals surface area contributed by atoms with Crippen molar-refractivity contribution in [2.45, 2.75) is 33.4 Å². The van der Waals surface area contributed by atoms with Gasteiger partial charge in [0.1, 0.15) is 0 Å². The van der Waals surface area contributed by atoms with Crippen LogP contribution in [-0.4, -0.2) is 22.1 Å². The lowest BCUT2D eigenvalue weighted by Crippen LogP contribution is -2.17. The highest BCUT2D eigenvalue weighted by Crippen LogP contribution is 2.09. The summed E-state index contributed by atoms with van der Waals surface area (Å²) in [4.78, 5) is 6.49. The molecule has 0 fully saturated rings. The molecule has 0 aromatic carbocycles. The summed E-state index contributed by atoms with van der Waals surface area (Å²) in [6.45, 7) is 5.73. The molecule has 0 amide bonds. The number of hydrogen-bond donors (Lipinski definition) is 0. The molecule has 0 unspecified atom stereocenters. The van der Waals surface area contributed by atoms with Crippen LogP contribution in [-0.2, 0) is 19.5 Å². The SMILES string of the molecule is CC(C)Cc1noc(CN(C)Cc2ccoc2)n1. The molecule has 0 N–H and O–H groups in total. The molecule has 18 heavy (non-hydrogen) atoms. The second-order valence-electron chi connectivity index (χ2n) is 5.01. The van der Waals surface area contributed by atoms with Crippen molar-refractivity contribution < 1.29 is 8.94 Å². The lowest BCUT2D eigenvalue weighted by atomic mass is 10.1. The zero-order chi connectivity index (χ0) is 13.0. The molecule has 0 saturated carbocycles. The molecule has 2 heterocycles. The maximum Gasteiger partial charge on any atom is 0.240 e. The van der Waals surface area contributed by atoms with Crippen molar-refractivity contribution in [3.05, 3.63) is 35.9 Å². The number of rotatable bonds is 6. The lowest BCUT2D eigenvalue weighted by molar-refractivity contribution is 0.259. The predicted octanol–water partition coefficient (Wildman–Crippen LogP) is 2.49. The average molecular weight is 249 g/mol. The number of hydrogen-bond acceptors (Lipinski definition) is 5. The second kappa shape index (κ2) is 5.82. The zero-order valence-corrected chi connectivity index (χ0v) is 11.1. The molecule has 2 aromatic rings. The third-order valence-electron chi connectivity index (χ3n) is 2.54. The Hall–Kier alpha value is -1.62. The van der Waals surface area contributed by atoms with Gasteiger partial charge in [-0.3, -0.25) is 4.90 Å². The van der Waals surface area contributed by atoms with Crippen molar-refractivity contribution in [3.63, 3.8) is 0 Å². The standard InChI is InChI=1S/C13H19N3O2/c1-10(2)6-12-14-13(18-15-12)8-16(3)7-11-4-5-17-9-11/h4-5,9-10H,6-8H2,1-3H3. The quantitative estimate of drug-likeness (QED) is 0.787. The summed E-state index contributed by atoms with van der Waals surface area (Å²) in [5.74, 6) is 1.99. The normalized spacial score (nSPS) is 11.6. The molecule has 5 heteroatoms. The molecule has 2 rings (SSSR count). The minimum absolute atomic E-state index is 0.541. The smallest absolute Gasteiger partial charge is 0.240 e. The predicted molar refractivity (Wildman–Crippen MR) is 66.7 cm³/mol. The summed E-state index contributed by atoms with van der Waals surface area (Å²) in [6, 6.07) is 1.95. The van der Waals surface area contributed by atoms with Gasteiger partial charge in [-0.15, -0.1) is 0 Å². The van der Waals surface area contributed by atoms with Gasteiger partial charge in [0.05, 0.1) is 19.1 Å². The summed E-state index contributed by atoms with van der Waals surface area (Å²) in [5, 5.41) is 3.98. The molecule has 2 aromatic heterocycles. The lowest BCUT2D eigenvalue weighted by Gasteiger charge is -2.11. The number of nitrogens with zero attached hydrogens (tertiary/aromatic N) is 3. The van der Waals surface area contributed by atoms with E-state index in [1.54, 1.807) is 12.5 Å². The summed E-state index contributed by atoms with van der Waals surface area (Å²) in [7, 11) is 2.01. The van der Waals surface area contributed by atoms with E-state index in [0.29, 0.717) is 18.4 Å². The van der Waals surface area contributed by atoms with Gasteiger partial charge in [0.2, 0.25) is 5.89 Å². The Morgan fingerprint density at radius 1 is 1.33 bits per heavy atom. The Morgan fingerprint density at radius 3 is 2.83 bits per heavy atom. The Labute approximate surface area is 107 Å². The Balaban J connectivity index is 1.87. The first kappa shape index (κ1) is 12.8. The van der Waals surface area contributed by atoms with E-state index < -0.39 is 0 Å².